The van der Waals surface area contributed by atoms with Crippen molar-refractivity contribution in [3.63, 3.8) is 0 Å². The van der Waals surface area contributed by atoms with Gasteiger partial charge >= 0.3 is 0 Å². The van der Waals surface area contributed by atoms with Gasteiger partial charge in [0.1, 0.15) is 16.8 Å². The van der Waals surface area contributed by atoms with Crippen LogP contribution in [0, 0.1) is 18.3 Å². The molecule has 4 rings (SSSR count). The Morgan fingerprint density at radius 1 is 1.00 bits per heavy atom. The number of amides is 1. The first kappa shape index (κ1) is 23.1. The van der Waals surface area contributed by atoms with Crippen molar-refractivity contribution in [1.29, 1.82) is 5.26 Å². The van der Waals surface area contributed by atoms with Crippen LogP contribution in [0.1, 0.15) is 11.1 Å². The highest BCUT2D eigenvalue weighted by atomic mass is 32.2. The molecule has 1 aromatic heterocycles. The van der Waals surface area contributed by atoms with E-state index in [2.05, 4.69) is 11.4 Å². The van der Waals surface area contributed by atoms with E-state index in [0.717, 1.165) is 39.4 Å². The number of hydrogen-bond donors (Lipinski definition) is 1. The van der Waals surface area contributed by atoms with Crippen LogP contribution in [-0.2, 0) is 4.79 Å². The number of nitrogens with one attached hydrogen (secondary N) is 1. The van der Waals surface area contributed by atoms with Gasteiger partial charge in [0.25, 0.3) is 0 Å². The van der Waals surface area contributed by atoms with Crippen LogP contribution in [0.2, 0.25) is 0 Å². The van der Waals surface area contributed by atoms with E-state index >= 15 is 0 Å². The number of carbonyl (C=O) groups excluding carboxylic acids is 1. The number of hydrogen-bond acceptors (Lipinski definition) is 5. The summed E-state index contributed by atoms with van der Waals surface area (Å²) in [5, 5.41) is 13.4. The lowest BCUT2D eigenvalue weighted by Gasteiger charge is -2.13. The third-order valence-electron chi connectivity index (χ3n) is 5.24. The van der Waals surface area contributed by atoms with E-state index in [9.17, 15) is 10.1 Å². The lowest BCUT2D eigenvalue weighted by atomic mass is 9.99. The van der Waals surface area contributed by atoms with Crippen LogP contribution >= 0.6 is 11.8 Å². The van der Waals surface area contributed by atoms with Crippen molar-refractivity contribution in [3.8, 4) is 34.2 Å². The Labute approximate surface area is 203 Å². The molecule has 0 saturated heterocycles. The second-order valence-corrected chi connectivity index (χ2v) is 8.61. The predicted octanol–water partition coefficient (Wildman–Crippen LogP) is 6.34. The molecule has 4 aromatic rings. The van der Waals surface area contributed by atoms with Gasteiger partial charge in [0, 0.05) is 16.8 Å². The highest BCUT2D eigenvalue weighted by molar-refractivity contribution is 8.00. The van der Waals surface area contributed by atoms with Crippen molar-refractivity contribution in [1.82, 2.24) is 4.98 Å². The molecule has 0 aliphatic carbocycles. The second kappa shape index (κ2) is 10.7. The standard InChI is InChI=1S/C28H23N3O2S/c1-19-8-12-22(13-9-19)30-27(32)18-34-28-25(17-29)24(20-10-14-23(33-2)15-11-20)16-26(31-28)21-6-4-3-5-7-21/h3-16H,18H2,1-2H3,(H,30,32). The van der Waals surface area contributed by atoms with Crippen molar-refractivity contribution in [2.24, 2.45) is 0 Å². The maximum absolute atomic E-state index is 12.6. The molecule has 0 unspecified atom stereocenters. The molecule has 1 amide bonds. The Kier molecular flexibility index (Phi) is 7.26. The number of aromatic nitrogens is 1. The molecule has 1 N–H and O–H groups in total. The van der Waals surface area contributed by atoms with E-state index in [-0.39, 0.29) is 11.7 Å². The van der Waals surface area contributed by atoms with E-state index in [1.165, 1.54) is 11.8 Å². The number of pyridine rings is 1. The van der Waals surface area contributed by atoms with Gasteiger partial charge in [-0.15, -0.1) is 0 Å². The van der Waals surface area contributed by atoms with Crippen LogP contribution in [0.5, 0.6) is 5.75 Å². The topological polar surface area (TPSA) is 75.0 Å². The van der Waals surface area contributed by atoms with Crippen LogP contribution < -0.4 is 10.1 Å². The fraction of sp³-hybridized carbons (Fsp3) is 0.107. The molecule has 0 spiro atoms. The number of ether oxygens (including phenoxy) is 1. The number of aryl methyl sites for hydroxylation is 1. The first-order chi connectivity index (χ1) is 16.6. The fourth-order valence-corrected chi connectivity index (χ4v) is 4.26. The molecule has 0 fully saturated rings. The summed E-state index contributed by atoms with van der Waals surface area (Å²) in [6, 6.07) is 29.2. The molecule has 5 nitrogen and oxygen atoms in total. The largest absolute Gasteiger partial charge is 0.497 e. The molecule has 6 heteroatoms. The maximum atomic E-state index is 12.6. The molecule has 0 atom stereocenters. The SMILES string of the molecule is COc1ccc(-c2cc(-c3ccccc3)nc(SCC(=O)Nc3ccc(C)cc3)c2C#N)cc1. The Balaban J connectivity index is 1.67. The summed E-state index contributed by atoms with van der Waals surface area (Å²) in [7, 11) is 1.62. The molecular formula is C28H23N3O2S. The van der Waals surface area contributed by atoms with Gasteiger partial charge in [-0.1, -0.05) is 71.9 Å². The first-order valence-electron chi connectivity index (χ1n) is 10.7. The summed E-state index contributed by atoms with van der Waals surface area (Å²) >= 11 is 1.26. The smallest absolute Gasteiger partial charge is 0.234 e. The van der Waals surface area contributed by atoms with Crippen molar-refractivity contribution in [3.05, 3.63) is 96.1 Å². The zero-order chi connectivity index (χ0) is 23.9. The highest BCUT2D eigenvalue weighted by Crippen LogP contribution is 2.35. The third kappa shape index (κ3) is 5.45. The molecule has 34 heavy (non-hydrogen) atoms. The van der Waals surface area contributed by atoms with Gasteiger partial charge in [-0.25, -0.2) is 4.98 Å². The summed E-state index contributed by atoms with van der Waals surface area (Å²) in [6.45, 7) is 2.00. The van der Waals surface area contributed by atoms with Gasteiger partial charge in [-0.3, -0.25) is 4.79 Å². The third-order valence-corrected chi connectivity index (χ3v) is 6.22. The average Bonchev–Trinajstić information content (AvgIpc) is 2.88. The summed E-state index contributed by atoms with van der Waals surface area (Å²) in [5.74, 6) is 0.716. The van der Waals surface area contributed by atoms with Gasteiger partial charge in [0.15, 0.2) is 0 Å². The van der Waals surface area contributed by atoms with Gasteiger partial charge in [-0.05, 0) is 42.8 Å². The Bertz CT molecular complexity index is 1330. The van der Waals surface area contributed by atoms with Crippen LogP contribution in [0.4, 0.5) is 5.69 Å². The Morgan fingerprint density at radius 3 is 2.35 bits per heavy atom. The van der Waals surface area contributed by atoms with E-state index in [4.69, 9.17) is 9.72 Å². The van der Waals surface area contributed by atoms with Crippen LogP contribution in [0.25, 0.3) is 22.4 Å². The number of benzene rings is 3. The highest BCUT2D eigenvalue weighted by Gasteiger charge is 2.17. The molecule has 0 radical (unpaired) electrons. The first-order valence-corrected chi connectivity index (χ1v) is 11.7. The maximum Gasteiger partial charge on any atom is 0.234 e. The summed E-state index contributed by atoms with van der Waals surface area (Å²) < 4.78 is 5.27. The van der Waals surface area contributed by atoms with Crippen molar-refractivity contribution < 1.29 is 9.53 Å². The quantitative estimate of drug-likeness (QED) is 0.323. The van der Waals surface area contributed by atoms with E-state index in [1.807, 2.05) is 91.9 Å². The number of nitrogens with zero attached hydrogens (tertiary/aromatic N) is 2. The van der Waals surface area contributed by atoms with Gasteiger partial charge in [-0.2, -0.15) is 5.26 Å². The van der Waals surface area contributed by atoms with Crippen LogP contribution in [0.15, 0.2) is 90.0 Å². The predicted molar refractivity (Wildman–Crippen MR) is 137 cm³/mol. The molecule has 0 aliphatic heterocycles. The number of carbonyl (C=O) groups is 1. The molecule has 0 saturated carbocycles. The number of rotatable bonds is 7. The monoisotopic (exact) mass is 465 g/mol. The minimum absolute atomic E-state index is 0.135. The zero-order valence-electron chi connectivity index (χ0n) is 18.9. The molecule has 1 heterocycles. The summed E-state index contributed by atoms with van der Waals surface area (Å²) in [5.41, 5.74) is 5.63. The minimum atomic E-state index is -0.157. The van der Waals surface area contributed by atoms with Gasteiger partial charge in [0.2, 0.25) is 5.91 Å². The van der Waals surface area contributed by atoms with Crippen molar-refractivity contribution in [2.75, 3.05) is 18.2 Å². The lowest BCUT2D eigenvalue weighted by Crippen LogP contribution is -2.14. The van der Waals surface area contributed by atoms with Crippen LogP contribution in [0.3, 0.4) is 0 Å². The van der Waals surface area contributed by atoms with Gasteiger partial charge in [0.05, 0.1) is 24.1 Å². The summed E-state index contributed by atoms with van der Waals surface area (Å²) in [6.07, 6.45) is 0. The van der Waals surface area contributed by atoms with Crippen LogP contribution in [-0.4, -0.2) is 23.8 Å². The molecule has 0 bridgehead atoms. The van der Waals surface area contributed by atoms with E-state index in [0.29, 0.717) is 10.6 Å². The summed E-state index contributed by atoms with van der Waals surface area (Å²) in [4.78, 5) is 17.4. The van der Waals surface area contributed by atoms with Crippen molar-refractivity contribution >= 4 is 23.4 Å². The zero-order valence-corrected chi connectivity index (χ0v) is 19.7. The fourth-order valence-electron chi connectivity index (χ4n) is 3.46. The number of anilines is 1. The molecular weight excluding hydrogens is 442 g/mol. The normalized spacial score (nSPS) is 10.4. The van der Waals surface area contributed by atoms with Gasteiger partial charge < -0.3 is 10.1 Å². The van der Waals surface area contributed by atoms with Crippen molar-refractivity contribution in [2.45, 2.75) is 11.9 Å². The van der Waals surface area contributed by atoms with E-state index < -0.39 is 0 Å². The second-order valence-electron chi connectivity index (χ2n) is 7.64. The lowest BCUT2D eigenvalue weighted by molar-refractivity contribution is -0.113. The Hall–Kier alpha value is -4.08. The molecule has 168 valence electrons. The Morgan fingerprint density at radius 2 is 1.71 bits per heavy atom. The molecule has 0 aliphatic rings. The minimum Gasteiger partial charge on any atom is -0.497 e. The number of nitriles is 1. The number of thioether (sulfide) groups is 1. The number of methoxy groups -OCH3 is 1. The average molecular weight is 466 g/mol. The van der Waals surface area contributed by atoms with E-state index in [1.54, 1.807) is 7.11 Å². The molecule has 3 aromatic carbocycles.